The van der Waals surface area contributed by atoms with E-state index in [0.29, 0.717) is 10.6 Å². The van der Waals surface area contributed by atoms with Gasteiger partial charge in [0.1, 0.15) is 0 Å². The number of halogens is 3. The van der Waals surface area contributed by atoms with E-state index in [4.69, 9.17) is 0 Å². The van der Waals surface area contributed by atoms with Gasteiger partial charge in [-0.1, -0.05) is 18.2 Å². The van der Waals surface area contributed by atoms with E-state index in [1.165, 1.54) is 41.3 Å². The standard InChI is InChI=1S/C20H15F3N2O2S2/c21-20(22,23)15-4-1-2-5-16(15)25-18(26)12-29-14-9-7-13(8-10-14)24-19(27)17-6-3-11-28-17/h1-11H,12H2,(H,24,27)(H,25,26). The maximum Gasteiger partial charge on any atom is 0.418 e. The molecule has 0 bridgehead atoms. The summed E-state index contributed by atoms with van der Waals surface area (Å²) >= 11 is 2.52. The van der Waals surface area contributed by atoms with Crippen LogP contribution >= 0.6 is 23.1 Å². The third-order valence-corrected chi connectivity index (χ3v) is 5.61. The zero-order valence-electron chi connectivity index (χ0n) is 14.8. The maximum atomic E-state index is 13.0. The minimum Gasteiger partial charge on any atom is -0.325 e. The van der Waals surface area contributed by atoms with E-state index in [1.807, 2.05) is 5.38 Å². The van der Waals surface area contributed by atoms with Gasteiger partial charge in [0.05, 0.1) is 21.9 Å². The van der Waals surface area contributed by atoms with Gasteiger partial charge in [-0.3, -0.25) is 9.59 Å². The highest BCUT2D eigenvalue weighted by molar-refractivity contribution is 8.00. The molecule has 0 unspecified atom stereocenters. The van der Waals surface area contributed by atoms with Crippen LogP contribution in [0.15, 0.2) is 70.9 Å². The molecule has 1 heterocycles. The second-order valence-electron chi connectivity index (χ2n) is 5.84. The van der Waals surface area contributed by atoms with Crippen LogP contribution in [-0.4, -0.2) is 17.6 Å². The zero-order chi connectivity index (χ0) is 20.9. The first-order valence-corrected chi connectivity index (χ1v) is 10.2. The van der Waals surface area contributed by atoms with Crippen LogP contribution < -0.4 is 10.6 Å². The van der Waals surface area contributed by atoms with Crippen molar-refractivity contribution in [1.82, 2.24) is 0 Å². The third kappa shape index (κ3) is 5.85. The van der Waals surface area contributed by atoms with Crippen molar-refractivity contribution in [3.05, 3.63) is 76.5 Å². The van der Waals surface area contributed by atoms with Crippen LogP contribution in [0.1, 0.15) is 15.2 Å². The first kappa shape index (κ1) is 20.9. The Balaban J connectivity index is 1.54. The Morgan fingerprint density at radius 2 is 1.66 bits per heavy atom. The summed E-state index contributed by atoms with van der Waals surface area (Å²) in [5.74, 6) is -0.794. The Labute approximate surface area is 173 Å². The fraction of sp³-hybridized carbons (Fsp3) is 0.100. The fourth-order valence-electron chi connectivity index (χ4n) is 2.41. The molecule has 3 aromatic rings. The first-order valence-electron chi connectivity index (χ1n) is 8.37. The van der Waals surface area contributed by atoms with Crippen molar-refractivity contribution < 1.29 is 22.8 Å². The molecule has 1 aromatic heterocycles. The Bertz CT molecular complexity index is 988. The van der Waals surface area contributed by atoms with Crippen LogP contribution in [0.5, 0.6) is 0 Å². The lowest BCUT2D eigenvalue weighted by molar-refractivity contribution is -0.137. The molecule has 2 aromatic carbocycles. The molecule has 0 aliphatic rings. The topological polar surface area (TPSA) is 58.2 Å². The Morgan fingerprint density at radius 1 is 0.931 bits per heavy atom. The SMILES string of the molecule is O=C(CSc1ccc(NC(=O)c2cccs2)cc1)Nc1ccccc1C(F)(F)F. The van der Waals surface area contributed by atoms with E-state index < -0.39 is 17.6 Å². The molecule has 0 atom stereocenters. The summed E-state index contributed by atoms with van der Waals surface area (Å²) in [5, 5.41) is 6.88. The molecular formula is C20H15F3N2O2S2. The average molecular weight is 436 g/mol. The number of carbonyl (C=O) groups excluding carboxylic acids is 2. The van der Waals surface area contributed by atoms with Gasteiger partial charge in [0.15, 0.2) is 0 Å². The first-order chi connectivity index (χ1) is 13.8. The van der Waals surface area contributed by atoms with Gasteiger partial charge in [0.25, 0.3) is 5.91 Å². The van der Waals surface area contributed by atoms with Crippen molar-refractivity contribution in [1.29, 1.82) is 0 Å². The fourth-order valence-corrected chi connectivity index (χ4v) is 3.73. The van der Waals surface area contributed by atoms with E-state index in [-0.39, 0.29) is 17.3 Å². The quantitative estimate of drug-likeness (QED) is 0.484. The molecule has 2 amide bonds. The smallest absolute Gasteiger partial charge is 0.325 e. The van der Waals surface area contributed by atoms with E-state index in [9.17, 15) is 22.8 Å². The highest BCUT2D eigenvalue weighted by Gasteiger charge is 2.33. The number of thioether (sulfide) groups is 1. The maximum absolute atomic E-state index is 13.0. The van der Waals surface area contributed by atoms with Crippen LogP contribution in [0.2, 0.25) is 0 Å². The molecule has 0 fully saturated rings. The second kappa shape index (κ2) is 9.15. The molecule has 2 N–H and O–H groups in total. The lowest BCUT2D eigenvalue weighted by Gasteiger charge is -2.13. The summed E-state index contributed by atoms with van der Waals surface area (Å²) in [4.78, 5) is 25.4. The number of anilines is 2. The summed E-state index contributed by atoms with van der Waals surface area (Å²) in [5.41, 5.74) is -0.544. The molecule has 29 heavy (non-hydrogen) atoms. The third-order valence-electron chi connectivity index (χ3n) is 3.73. The monoisotopic (exact) mass is 436 g/mol. The lowest BCUT2D eigenvalue weighted by Crippen LogP contribution is -2.18. The summed E-state index contributed by atoms with van der Waals surface area (Å²) in [6.45, 7) is 0. The van der Waals surface area contributed by atoms with Crippen LogP contribution in [0.25, 0.3) is 0 Å². The predicted octanol–water partition coefficient (Wildman–Crippen LogP) is 5.75. The van der Waals surface area contributed by atoms with Crippen LogP contribution in [0.3, 0.4) is 0 Å². The van der Waals surface area contributed by atoms with Crippen LogP contribution in [0, 0.1) is 0 Å². The lowest BCUT2D eigenvalue weighted by atomic mass is 10.1. The summed E-state index contributed by atoms with van der Waals surface area (Å²) in [7, 11) is 0. The summed E-state index contributed by atoms with van der Waals surface area (Å²) in [6.07, 6.45) is -4.54. The number of para-hydroxylation sites is 1. The number of carbonyl (C=O) groups is 2. The van der Waals surface area contributed by atoms with E-state index in [1.54, 1.807) is 36.4 Å². The molecule has 9 heteroatoms. The average Bonchev–Trinajstić information content (AvgIpc) is 3.22. The Hall–Kier alpha value is -2.78. The Kier molecular flexibility index (Phi) is 6.60. The minimum atomic E-state index is -4.54. The summed E-state index contributed by atoms with van der Waals surface area (Å²) in [6, 6.07) is 15.2. The highest BCUT2D eigenvalue weighted by atomic mass is 32.2. The van der Waals surface area contributed by atoms with Gasteiger partial charge < -0.3 is 10.6 Å². The van der Waals surface area contributed by atoms with Crippen molar-refractivity contribution >= 4 is 46.3 Å². The van der Waals surface area contributed by atoms with Crippen molar-refractivity contribution in [2.24, 2.45) is 0 Å². The molecule has 0 aliphatic carbocycles. The summed E-state index contributed by atoms with van der Waals surface area (Å²) < 4.78 is 38.9. The number of thiophene rings is 1. The molecule has 4 nitrogen and oxygen atoms in total. The van der Waals surface area contributed by atoms with Crippen molar-refractivity contribution in [3.8, 4) is 0 Å². The van der Waals surface area contributed by atoms with E-state index >= 15 is 0 Å². The number of hydrogen-bond donors (Lipinski definition) is 2. The number of hydrogen-bond acceptors (Lipinski definition) is 4. The number of nitrogens with one attached hydrogen (secondary N) is 2. The molecule has 150 valence electrons. The highest BCUT2D eigenvalue weighted by Crippen LogP contribution is 2.34. The van der Waals surface area contributed by atoms with Crippen molar-refractivity contribution in [2.45, 2.75) is 11.1 Å². The molecule has 0 radical (unpaired) electrons. The predicted molar refractivity (Wildman–Crippen MR) is 110 cm³/mol. The van der Waals surface area contributed by atoms with E-state index in [0.717, 1.165) is 11.0 Å². The van der Waals surface area contributed by atoms with Gasteiger partial charge in [-0.2, -0.15) is 13.2 Å². The molecule has 0 aliphatic heterocycles. The number of alkyl halides is 3. The second-order valence-corrected chi connectivity index (χ2v) is 7.83. The normalized spacial score (nSPS) is 11.1. The zero-order valence-corrected chi connectivity index (χ0v) is 16.5. The van der Waals surface area contributed by atoms with Crippen molar-refractivity contribution in [2.75, 3.05) is 16.4 Å². The molecule has 0 saturated carbocycles. The van der Waals surface area contributed by atoms with Gasteiger partial charge >= 0.3 is 6.18 Å². The van der Waals surface area contributed by atoms with Gasteiger partial charge in [-0.25, -0.2) is 0 Å². The molecule has 0 spiro atoms. The number of benzene rings is 2. The van der Waals surface area contributed by atoms with E-state index in [2.05, 4.69) is 10.6 Å². The molecule has 3 rings (SSSR count). The van der Waals surface area contributed by atoms with Gasteiger partial charge in [-0.15, -0.1) is 23.1 Å². The van der Waals surface area contributed by atoms with Gasteiger partial charge in [-0.05, 0) is 47.8 Å². The van der Waals surface area contributed by atoms with Gasteiger partial charge in [0, 0.05) is 10.6 Å². The molecular weight excluding hydrogens is 421 g/mol. The number of amides is 2. The largest absolute Gasteiger partial charge is 0.418 e. The molecule has 0 saturated heterocycles. The van der Waals surface area contributed by atoms with Crippen LogP contribution in [-0.2, 0) is 11.0 Å². The Morgan fingerprint density at radius 3 is 2.31 bits per heavy atom. The van der Waals surface area contributed by atoms with Crippen molar-refractivity contribution in [3.63, 3.8) is 0 Å². The van der Waals surface area contributed by atoms with Gasteiger partial charge in [0.2, 0.25) is 5.91 Å². The van der Waals surface area contributed by atoms with Crippen LogP contribution in [0.4, 0.5) is 24.5 Å². The minimum absolute atomic E-state index is 0.0485. The number of rotatable bonds is 6.